The van der Waals surface area contributed by atoms with Crippen LogP contribution in [0.2, 0.25) is 0 Å². The second-order valence-electron chi connectivity index (χ2n) is 3.54. The molecule has 0 atom stereocenters. The van der Waals surface area contributed by atoms with E-state index in [-0.39, 0.29) is 6.09 Å². The van der Waals surface area contributed by atoms with Crippen LogP contribution in [0.1, 0.15) is 47.0 Å². The molecular formula is C12H25NO2. The Morgan fingerprint density at radius 1 is 1.27 bits per heavy atom. The smallest absolute Gasteiger partial charge is 0.409 e. The Labute approximate surface area is 93.8 Å². The first-order chi connectivity index (χ1) is 7.27. The number of nitrogens with zero attached hydrogens (tertiary/aromatic N) is 1. The Balaban J connectivity index is 0.000000921. The van der Waals surface area contributed by atoms with Gasteiger partial charge in [0.15, 0.2) is 0 Å². The minimum absolute atomic E-state index is 0.142. The molecule has 90 valence electrons. The molecule has 0 unspecified atom stereocenters. The summed E-state index contributed by atoms with van der Waals surface area (Å²) in [6.07, 6.45) is 3.36. The molecule has 15 heavy (non-hydrogen) atoms. The zero-order chi connectivity index (χ0) is 11.7. The molecule has 1 saturated heterocycles. The average molecular weight is 215 g/mol. The van der Waals surface area contributed by atoms with Crippen molar-refractivity contribution in [1.82, 2.24) is 4.90 Å². The van der Waals surface area contributed by atoms with Gasteiger partial charge in [-0.1, -0.05) is 27.2 Å². The fourth-order valence-corrected chi connectivity index (χ4v) is 1.74. The lowest BCUT2D eigenvalue weighted by molar-refractivity contribution is 0.0914. The largest absolute Gasteiger partial charge is 0.450 e. The average Bonchev–Trinajstić information content (AvgIpc) is 2.32. The highest BCUT2D eigenvalue weighted by Crippen LogP contribution is 2.20. The van der Waals surface area contributed by atoms with Crippen molar-refractivity contribution in [2.24, 2.45) is 5.92 Å². The third kappa shape index (κ3) is 5.05. The number of amides is 1. The van der Waals surface area contributed by atoms with Gasteiger partial charge in [-0.05, 0) is 25.7 Å². The van der Waals surface area contributed by atoms with Crippen molar-refractivity contribution < 1.29 is 9.53 Å². The van der Waals surface area contributed by atoms with E-state index in [0.29, 0.717) is 6.61 Å². The summed E-state index contributed by atoms with van der Waals surface area (Å²) in [5.74, 6) is 0.811. The van der Waals surface area contributed by atoms with Crippen LogP contribution in [0.15, 0.2) is 0 Å². The van der Waals surface area contributed by atoms with Crippen LogP contribution in [0.5, 0.6) is 0 Å². The summed E-state index contributed by atoms with van der Waals surface area (Å²) in [5.41, 5.74) is 0. The first kappa shape index (κ1) is 14.3. The molecule has 0 bridgehead atoms. The third-order valence-corrected chi connectivity index (χ3v) is 2.72. The van der Waals surface area contributed by atoms with E-state index in [1.54, 1.807) is 0 Å². The van der Waals surface area contributed by atoms with E-state index in [9.17, 15) is 4.79 Å². The normalized spacial score (nSPS) is 16.7. The van der Waals surface area contributed by atoms with E-state index in [1.165, 1.54) is 6.42 Å². The van der Waals surface area contributed by atoms with Crippen LogP contribution in [0.4, 0.5) is 4.79 Å². The molecule has 0 spiro atoms. The maximum Gasteiger partial charge on any atom is 0.409 e. The quantitative estimate of drug-likeness (QED) is 0.707. The van der Waals surface area contributed by atoms with Crippen LogP contribution in [-0.2, 0) is 4.74 Å². The Kier molecular flexibility index (Phi) is 8.15. The molecule has 1 fully saturated rings. The van der Waals surface area contributed by atoms with Crippen molar-refractivity contribution in [2.45, 2.75) is 47.0 Å². The maximum absolute atomic E-state index is 11.3. The van der Waals surface area contributed by atoms with Crippen LogP contribution in [0.3, 0.4) is 0 Å². The molecule has 0 aromatic heterocycles. The van der Waals surface area contributed by atoms with E-state index < -0.39 is 0 Å². The summed E-state index contributed by atoms with van der Waals surface area (Å²) < 4.78 is 4.94. The first-order valence-electron chi connectivity index (χ1n) is 6.19. The van der Waals surface area contributed by atoms with Gasteiger partial charge in [-0.3, -0.25) is 0 Å². The fraction of sp³-hybridized carbons (Fsp3) is 0.917. The van der Waals surface area contributed by atoms with Crippen LogP contribution >= 0.6 is 0 Å². The Hall–Kier alpha value is -0.730. The second kappa shape index (κ2) is 8.57. The molecular weight excluding hydrogens is 190 g/mol. The van der Waals surface area contributed by atoms with E-state index in [2.05, 4.69) is 6.92 Å². The van der Waals surface area contributed by atoms with Gasteiger partial charge < -0.3 is 9.64 Å². The third-order valence-electron chi connectivity index (χ3n) is 2.72. The lowest BCUT2D eigenvalue weighted by atomic mass is 9.95. The van der Waals surface area contributed by atoms with E-state index in [4.69, 9.17) is 4.74 Å². The number of hydrogen-bond donors (Lipinski definition) is 0. The number of ether oxygens (including phenoxy) is 1. The summed E-state index contributed by atoms with van der Waals surface area (Å²) in [4.78, 5) is 13.1. The summed E-state index contributed by atoms with van der Waals surface area (Å²) in [7, 11) is 0. The number of carbonyl (C=O) groups excluding carboxylic acids is 1. The van der Waals surface area contributed by atoms with Gasteiger partial charge in [-0.15, -0.1) is 0 Å². The highest BCUT2D eigenvalue weighted by molar-refractivity contribution is 5.67. The topological polar surface area (TPSA) is 29.5 Å². The van der Waals surface area contributed by atoms with E-state index in [0.717, 1.165) is 31.8 Å². The van der Waals surface area contributed by atoms with Gasteiger partial charge in [-0.25, -0.2) is 4.79 Å². The van der Waals surface area contributed by atoms with Gasteiger partial charge in [0.05, 0.1) is 6.61 Å². The molecule has 0 N–H and O–H groups in total. The minimum Gasteiger partial charge on any atom is -0.450 e. The number of rotatable bonds is 2. The van der Waals surface area contributed by atoms with Gasteiger partial charge in [0, 0.05) is 13.1 Å². The van der Waals surface area contributed by atoms with Crippen molar-refractivity contribution in [3.05, 3.63) is 0 Å². The van der Waals surface area contributed by atoms with Crippen molar-refractivity contribution in [1.29, 1.82) is 0 Å². The van der Waals surface area contributed by atoms with Gasteiger partial charge in [0.25, 0.3) is 0 Å². The zero-order valence-corrected chi connectivity index (χ0v) is 10.6. The summed E-state index contributed by atoms with van der Waals surface area (Å²) in [5, 5.41) is 0. The molecule has 3 heteroatoms. The standard InChI is InChI=1S/C10H19NO2.C2H6/c1-3-9-5-7-11(8-6-9)10(12)13-4-2;1-2/h9H,3-8H2,1-2H3;1-2H3. The molecule has 1 aliphatic rings. The summed E-state index contributed by atoms with van der Waals surface area (Å²) >= 11 is 0. The van der Waals surface area contributed by atoms with Crippen molar-refractivity contribution >= 4 is 6.09 Å². The van der Waals surface area contributed by atoms with Crippen molar-refractivity contribution in [3.8, 4) is 0 Å². The predicted octanol–water partition coefficient (Wildman–Crippen LogP) is 3.29. The molecule has 0 radical (unpaired) electrons. The lowest BCUT2D eigenvalue weighted by Gasteiger charge is -2.30. The van der Waals surface area contributed by atoms with Gasteiger partial charge in [-0.2, -0.15) is 0 Å². The minimum atomic E-state index is -0.142. The van der Waals surface area contributed by atoms with Crippen LogP contribution in [0, 0.1) is 5.92 Å². The van der Waals surface area contributed by atoms with E-state index >= 15 is 0 Å². The van der Waals surface area contributed by atoms with E-state index in [1.807, 2.05) is 25.7 Å². The summed E-state index contributed by atoms with van der Waals surface area (Å²) in [6.45, 7) is 10.3. The molecule has 1 rings (SSSR count). The van der Waals surface area contributed by atoms with Gasteiger partial charge in [0.1, 0.15) is 0 Å². The number of carbonyl (C=O) groups is 1. The molecule has 1 heterocycles. The maximum atomic E-state index is 11.3. The first-order valence-corrected chi connectivity index (χ1v) is 6.19. The molecule has 1 amide bonds. The molecule has 0 aliphatic carbocycles. The zero-order valence-electron chi connectivity index (χ0n) is 10.6. The molecule has 1 aliphatic heterocycles. The van der Waals surface area contributed by atoms with Crippen LogP contribution in [-0.4, -0.2) is 30.7 Å². The Morgan fingerprint density at radius 3 is 2.20 bits per heavy atom. The van der Waals surface area contributed by atoms with Gasteiger partial charge >= 0.3 is 6.09 Å². The molecule has 0 aromatic carbocycles. The Bertz CT molecular complexity index is 163. The molecule has 0 saturated carbocycles. The van der Waals surface area contributed by atoms with Crippen molar-refractivity contribution in [3.63, 3.8) is 0 Å². The van der Waals surface area contributed by atoms with Crippen LogP contribution < -0.4 is 0 Å². The van der Waals surface area contributed by atoms with Crippen molar-refractivity contribution in [2.75, 3.05) is 19.7 Å². The number of likely N-dealkylation sites (tertiary alicyclic amines) is 1. The summed E-state index contributed by atoms with van der Waals surface area (Å²) in [6, 6.07) is 0. The Morgan fingerprint density at radius 2 is 1.80 bits per heavy atom. The monoisotopic (exact) mass is 215 g/mol. The second-order valence-corrected chi connectivity index (χ2v) is 3.54. The predicted molar refractivity (Wildman–Crippen MR) is 63.0 cm³/mol. The fourth-order valence-electron chi connectivity index (χ4n) is 1.74. The van der Waals surface area contributed by atoms with Gasteiger partial charge in [0.2, 0.25) is 0 Å². The SMILES string of the molecule is CC.CCOC(=O)N1CCC(CC)CC1. The van der Waals surface area contributed by atoms with Crippen LogP contribution in [0.25, 0.3) is 0 Å². The lowest BCUT2D eigenvalue weighted by Crippen LogP contribution is -2.38. The number of hydrogen-bond acceptors (Lipinski definition) is 2. The molecule has 0 aromatic rings. The highest BCUT2D eigenvalue weighted by atomic mass is 16.6. The highest BCUT2D eigenvalue weighted by Gasteiger charge is 2.21. The molecule has 3 nitrogen and oxygen atoms in total. The number of piperidine rings is 1.